The highest BCUT2D eigenvalue weighted by molar-refractivity contribution is 6.47. The molecule has 3 nitrogen and oxygen atoms in total. The lowest BCUT2D eigenvalue weighted by atomic mass is 9.81. The lowest BCUT2D eigenvalue weighted by Gasteiger charge is -2.37. The number of aryl methyl sites for hydroxylation is 1. The largest absolute Gasteiger partial charge is 0.494 e. The van der Waals surface area contributed by atoms with Gasteiger partial charge < -0.3 is 14.5 Å². The summed E-state index contributed by atoms with van der Waals surface area (Å²) in [5.41, 5.74) is 0.708. The summed E-state index contributed by atoms with van der Waals surface area (Å²) in [4.78, 5) is 0. The minimum Gasteiger partial charge on any atom is -0.494 e. The van der Waals surface area contributed by atoms with E-state index in [9.17, 15) is 5.11 Å². The van der Waals surface area contributed by atoms with E-state index in [0.717, 1.165) is 30.7 Å². The minimum atomic E-state index is -0.939. The molecule has 0 unspecified atom stereocenters. The van der Waals surface area contributed by atoms with Crippen LogP contribution in [0.4, 0.5) is 0 Å². The second-order valence-electron chi connectivity index (χ2n) is 13.5. The fraction of sp³-hybridized carbons (Fsp3) is 0.838. The van der Waals surface area contributed by atoms with E-state index < -0.39 is 11.2 Å². The van der Waals surface area contributed by atoms with Crippen molar-refractivity contribution in [2.75, 3.05) is 6.61 Å². The van der Waals surface area contributed by atoms with Crippen LogP contribution in [-0.4, -0.2) is 30.4 Å². The normalized spacial score (nSPS) is 12.2. The molecule has 0 amide bonds. The lowest BCUT2D eigenvalue weighted by molar-refractivity contribution is -0.0893. The van der Waals surface area contributed by atoms with E-state index in [1.165, 1.54) is 134 Å². The van der Waals surface area contributed by atoms with Gasteiger partial charge in [0.15, 0.2) is 0 Å². The summed E-state index contributed by atoms with van der Waals surface area (Å²) in [5.74, 6) is 0.941. The third-order valence-electron chi connectivity index (χ3n) is 8.79. The van der Waals surface area contributed by atoms with Crippen LogP contribution in [-0.2, 0) is 11.1 Å². The first-order valence-corrected chi connectivity index (χ1v) is 17.7. The molecular weight excluding hydrogens is 503 g/mol. The van der Waals surface area contributed by atoms with E-state index >= 15 is 0 Å². The van der Waals surface area contributed by atoms with Crippen LogP contribution in [0.25, 0.3) is 0 Å². The predicted molar refractivity (Wildman–Crippen MR) is 181 cm³/mol. The van der Waals surface area contributed by atoms with Crippen LogP contribution < -0.4 is 10.2 Å². The Kier molecular flexibility index (Phi) is 21.8. The smallest absolute Gasteiger partial charge is 0.331 e. The molecule has 0 heterocycles. The first-order chi connectivity index (χ1) is 19.7. The third-order valence-corrected chi connectivity index (χ3v) is 8.79. The summed E-state index contributed by atoms with van der Waals surface area (Å²) in [5, 5.41) is 10.5. The number of unbranched alkanes of at least 4 members (excludes halogenated alkanes) is 19. The molecule has 41 heavy (non-hydrogen) atoms. The van der Waals surface area contributed by atoms with E-state index in [0.29, 0.717) is 0 Å². The van der Waals surface area contributed by atoms with Crippen molar-refractivity contribution in [2.24, 2.45) is 0 Å². The number of aliphatic hydroxyl groups is 1. The van der Waals surface area contributed by atoms with Gasteiger partial charge in [-0.1, -0.05) is 142 Å². The van der Waals surface area contributed by atoms with Gasteiger partial charge in [-0.3, -0.25) is 0 Å². The number of benzene rings is 1. The second-order valence-corrected chi connectivity index (χ2v) is 13.5. The van der Waals surface area contributed by atoms with Crippen LogP contribution in [0.3, 0.4) is 0 Å². The molecule has 0 saturated heterocycles. The van der Waals surface area contributed by atoms with Gasteiger partial charge >= 0.3 is 7.48 Å². The van der Waals surface area contributed by atoms with Crippen molar-refractivity contribution in [2.45, 2.75) is 194 Å². The maximum absolute atomic E-state index is 10.5. The number of ether oxygens (including phenoxy) is 1. The van der Waals surface area contributed by atoms with Gasteiger partial charge in [-0.05, 0) is 70.1 Å². The summed E-state index contributed by atoms with van der Waals surface area (Å²) in [7, 11) is 1.80. The molecule has 0 aliphatic carbocycles. The van der Waals surface area contributed by atoms with Gasteiger partial charge in [0.05, 0.1) is 17.8 Å². The van der Waals surface area contributed by atoms with Gasteiger partial charge in [0.2, 0.25) is 0 Å². The summed E-state index contributed by atoms with van der Waals surface area (Å²) < 4.78 is 12.3. The molecule has 1 aromatic rings. The van der Waals surface area contributed by atoms with E-state index in [2.05, 4.69) is 32.0 Å². The monoisotopic (exact) mass is 572 g/mol. The first kappa shape index (κ1) is 38.0. The molecule has 1 aromatic carbocycles. The van der Waals surface area contributed by atoms with Crippen molar-refractivity contribution in [1.82, 2.24) is 0 Å². The number of hydrogen-bond donors (Lipinski definition) is 1. The van der Waals surface area contributed by atoms with Crippen molar-refractivity contribution in [1.29, 1.82) is 0 Å². The van der Waals surface area contributed by atoms with Gasteiger partial charge in [0, 0.05) is 0 Å². The van der Waals surface area contributed by atoms with Crippen molar-refractivity contribution >= 4 is 12.9 Å². The van der Waals surface area contributed by atoms with Gasteiger partial charge in [-0.2, -0.15) is 0 Å². The molecule has 4 heteroatoms. The molecule has 0 atom stereocenters. The standard InChI is InChI=1S/C37H68BO3/c1-7-9-11-13-15-17-18-19-20-21-22-24-26-28-33-30-34(38-41-37(5,6)36(3,4)39)32-35(31-33)40-29-27-25-23-16-14-12-10-8-2/h30-32,39H,7-29H2,1-6H3. The molecule has 0 bridgehead atoms. The highest BCUT2D eigenvalue weighted by Crippen LogP contribution is 2.25. The van der Waals surface area contributed by atoms with Gasteiger partial charge in [-0.25, -0.2) is 0 Å². The zero-order valence-electron chi connectivity index (χ0n) is 28.3. The van der Waals surface area contributed by atoms with Crippen LogP contribution in [0.5, 0.6) is 5.75 Å². The predicted octanol–water partition coefficient (Wildman–Crippen LogP) is 10.7. The van der Waals surface area contributed by atoms with E-state index in [4.69, 9.17) is 9.39 Å². The van der Waals surface area contributed by atoms with Crippen LogP contribution >= 0.6 is 0 Å². The fourth-order valence-electron chi connectivity index (χ4n) is 5.11. The summed E-state index contributed by atoms with van der Waals surface area (Å²) in [6.07, 6.45) is 29.4. The Morgan fingerprint density at radius 3 is 1.49 bits per heavy atom. The quantitative estimate of drug-likeness (QED) is 0.0803. The Balaban J connectivity index is 2.44. The molecule has 0 aliphatic heterocycles. The molecule has 0 aliphatic rings. The molecular formula is C37H68BO3. The maximum Gasteiger partial charge on any atom is 0.331 e. The highest BCUT2D eigenvalue weighted by Gasteiger charge is 2.35. The van der Waals surface area contributed by atoms with Crippen LogP contribution in [0.2, 0.25) is 0 Å². The Bertz CT molecular complexity index is 740. The first-order valence-electron chi connectivity index (χ1n) is 17.7. The Morgan fingerprint density at radius 1 is 0.585 bits per heavy atom. The molecule has 1 radical (unpaired) electrons. The second kappa shape index (κ2) is 23.5. The van der Waals surface area contributed by atoms with E-state index in [1.54, 1.807) is 21.3 Å². The Labute approximate surface area is 257 Å². The summed E-state index contributed by atoms with van der Waals surface area (Å²) in [6.45, 7) is 12.8. The topological polar surface area (TPSA) is 38.7 Å². The number of hydrogen-bond acceptors (Lipinski definition) is 3. The number of rotatable bonds is 28. The van der Waals surface area contributed by atoms with E-state index in [1.807, 2.05) is 13.8 Å². The van der Waals surface area contributed by atoms with Gasteiger partial charge in [0.25, 0.3) is 0 Å². The summed E-state index contributed by atoms with van der Waals surface area (Å²) >= 11 is 0. The van der Waals surface area contributed by atoms with Gasteiger partial charge in [0.1, 0.15) is 5.75 Å². The zero-order chi connectivity index (χ0) is 30.2. The van der Waals surface area contributed by atoms with Crippen LogP contribution in [0.15, 0.2) is 18.2 Å². The van der Waals surface area contributed by atoms with Crippen molar-refractivity contribution in [3.63, 3.8) is 0 Å². The van der Waals surface area contributed by atoms with Crippen molar-refractivity contribution in [3.8, 4) is 5.75 Å². The van der Waals surface area contributed by atoms with Gasteiger partial charge in [-0.15, -0.1) is 0 Å². The molecule has 0 saturated carbocycles. The zero-order valence-corrected chi connectivity index (χ0v) is 28.3. The average Bonchev–Trinajstić information content (AvgIpc) is 2.93. The average molecular weight is 572 g/mol. The molecule has 1 rings (SSSR count). The molecule has 237 valence electrons. The Hall–Kier alpha value is -0.995. The van der Waals surface area contributed by atoms with Crippen LogP contribution in [0.1, 0.15) is 182 Å². The summed E-state index contributed by atoms with van der Waals surface area (Å²) in [6, 6.07) is 6.53. The van der Waals surface area contributed by atoms with Crippen molar-refractivity contribution < 1.29 is 14.5 Å². The molecule has 0 aromatic heterocycles. The van der Waals surface area contributed by atoms with Crippen LogP contribution in [0, 0.1) is 0 Å². The third kappa shape index (κ3) is 19.7. The lowest BCUT2D eigenvalue weighted by Crippen LogP contribution is -2.49. The van der Waals surface area contributed by atoms with E-state index in [-0.39, 0.29) is 0 Å². The fourth-order valence-corrected chi connectivity index (χ4v) is 5.11. The molecule has 0 fully saturated rings. The Morgan fingerprint density at radius 2 is 1.02 bits per heavy atom. The minimum absolute atomic E-state index is 0.684. The van der Waals surface area contributed by atoms with Crippen molar-refractivity contribution in [3.05, 3.63) is 23.8 Å². The SMILES string of the molecule is CCCCCCCCCCCCCCCc1cc([B]OC(C)(C)C(C)(C)O)cc(OCCCCCCCCCC)c1. The maximum atomic E-state index is 10.5. The highest BCUT2D eigenvalue weighted by atomic mass is 16.5. The molecule has 1 N–H and O–H groups in total. The molecule has 0 spiro atoms.